The number of carboxylic acids is 1. The molecule has 1 amide bonds. The van der Waals surface area contributed by atoms with E-state index in [2.05, 4.69) is 33.5 Å². The van der Waals surface area contributed by atoms with Crippen molar-refractivity contribution in [2.75, 3.05) is 18.4 Å². The number of piperidine rings is 1. The number of likely N-dealkylation sites (tertiary alicyclic amines) is 1. The molecule has 2 heterocycles. The molecule has 1 unspecified atom stereocenters. The molecule has 8 nitrogen and oxygen atoms in total. The number of rotatable bonds is 8. The number of anilines is 2. The molecule has 0 saturated carbocycles. The smallest absolute Gasteiger partial charge is 0.410 e. The van der Waals surface area contributed by atoms with Gasteiger partial charge in [-0.05, 0) is 69.1 Å². The molecule has 1 aromatic heterocycles. The second-order valence-electron chi connectivity index (χ2n) is 10.2. The average molecular weight is 483 g/mol. The fraction of sp³-hybridized carbons (Fsp3) is 0.556. The van der Waals surface area contributed by atoms with E-state index in [1.54, 1.807) is 17.3 Å². The maximum atomic E-state index is 12.5. The highest BCUT2D eigenvalue weighted by Gasteiger charge is 2.29. The average Bonchev–Trinajstić information content (AvgIpc) is 2.82. The summed E-state index contributed by atoms with van der Waals surface area (Å²) >= 11 is 0. The van der Waals surface area contributed by atoms with Gasteiger partial charge < -0.3 is 20.1 Å². The van der Waals surface area contributed by atoms with Crippen LogP contribution in [0.3, 0.4) is 0 Å². The number of nitrogens with one attached hydrogen (secondary N) is 1. The number of carbonyl (C=O) groups is 2. The molecule has 1 aromatic carbocycles. The second-order valence-corrected chi connectivity index (χ2v) is 10.2. The van der Waals surface area contributed by atoms with Gasteiger partial charge >= 0.3 is 12.1 Å². The monoisotopic (exact) mass is 482 g/mol. The molecule has 35 heavy (non-hydrogen) atoms. The maximum absolute atomic E-state index is 12.5. The first-order chi connectivity index (χ1) is 16.6. The second kappa shape index (κ2) is 11.5. The molecule has 1 fully saturated rings. The molecule has 1 aliphatic rings. The van der Waals surface area contributed by atoms with E-state index < -0.39 is 11.6 Å². The number of carboxylic acid groups (broad SMARTS) is 1. The molecule has 8 heteroatoms. The van der Waals surface area contributed by atoms with Crippen molar-refractivity contribution in [3.8, 4) is 0 Å². The lowest BCUT2D eigenvalue weighted by atomic mass is 9.85. The highest BCUT2D eigenvalue weighted by molar-refractivity contribution is 5.70. The zero-order valence-electron chi connectivity index (χ0n) is 21.5. The summed E-state index contributed by atoms with van der Waals surface area (Å²) < 4.78 is 5.54. The summed E-state index contributed by atoms with van der Waals surface area (Å²) in [5.74, 6) is 0.190. The lowest BCUT2D eigenvalue weighted by Crippen LogP contribution is -2.41. The number of aromatic nitrogens is 2. The van der Waals surface area contributed by atoms with Crippen LogP contribution in [0.15, 0.2) is 30.6 Å². The third-order valence-electron chi connectivity index (χ3n) is 6.35. The summed E-state index contributed by atoms with van der Waals surface area (Å²) in [4.78, 5) is 34.5. The number of carbonyl (C=O) groups excluding carboxylic acids is 1. The Labute approximate surface area is 208 Å². The third kappa shape index (κ3) is 7.41. The van der Waals surface area contributed by atoms with Crippen molar-refractivity contribution < 1.29 is 19.4 Å². The normalized spacial score (nSPS) is 15.5. The minimum Gasteiger partial charge on any atom is -0.481 e. The van der Waals surface area contributed by atoms with Crippen LogP contribution in [0.25, 0.3) is 0 Å². The molecule has 1 aliphatic heterocycles. The Bertz CT molecular complexity index is 1010. The lowest BCUT2D eigenvalue weighted by Gasteiger charge is -2.34. The topological polar surface area (TPSA) is 105 Å². The number of aryl methyl sites for hydroxylation is 1. The van der Waals surface area contributed by atoms with Gasteiger partial charge in [-0.3, -0.25) is 4.79 Å². The third-order valence-corrected chi connectivity index (χ3v) is 6.35. The highest BCUT2D eigenvalue weighted by Crippen LogP contribution is 2.37. The first kappa shape index (κ1) is 26.4. The molecule has 2 N–H and O–H groups in total. The number of ether oxygens (including phenoxy) is 1. The van der Waals surface area contributed by atoms with Crippen molar-refractivity contribution in [2.24, 2.45) is 0 Å². The first-order valence-corrected chi connectivity index (χ1v) is 12.5. The van der Waals surface area contributed by atoms with E-state index in [0.29, 0.717) is 13.1 Å². The minimum absolute atomic E-state index is 0.0603. The van der Waals surface area contributed by atoms with E-state index in [9.17, 15) is 14.7 Å². The van der Waals surface area contributed by atoms with Crippen LogP contribution >= 0.6 is 0 Å². The van der Waals surface area contributed by atoms with E-state index in [1.165, 1.54) is 0 Å². The first-order valence-electron chi connectivity index (χ1n) is 12.5. The molecule has 0 radical (unpaired) electrons. The van der Waals surface area contributed by atoms with E-state index in [0.717, 1.165) is 54.0 Å². The highest BCUT2D eigenvalue weighted by atomic mass is 16.6. The maximum Gasteiger partial charge on any atom is 0.410 e. The number of amides is 1. The van der Waals surface area contributed by atoms with E-state index in [4.69, 9.17) is 4.74 Å². The molecule has 0 aliphatic carbocycles. The summed E-state index contributed by atoms with van der Waals surface area (Å²) in [5.41, 5.74) is 3.37. The van der Waals surface area contributed by atoms with Crippen molar-refractivity contribution in [2.45, 2.75) is 84.2 Å². The molecule has 0 spiro atoms. The van der Waals surface area contributed by atoms with Gasteiger partial charge in [0.2, 0.25) is 0 Å². The van der Waals surface area contributed by atoms with Gasteiger partial charge in [0.15, 0.2) is 0 Å². The van der Waals surface area contributed by atoms with Gasteiger partial charge in [0, 0.05) is 25.2 Å². The molecule has 190 valence electrons. The number of hydrogen-bond acceptors (Lipinski definition) is 6. The van der Waals surface area contributed by atoms with Crippen molar-refractivity contribution >= 4 is 23.4 Å². The summed E-state index contributed by atoms with van der Waals surface area (Å²) in [6.45, 7) is 10.9. The van der Waals surface area contributed by atoms with Crippen LogP contribution in [-0.4, -0.2) is 50.7 Å². The van der Waals surface area contributed by atoms with Crippen molar-refractivity contribution in [1.82, 2.24) is 14.9 Å². The standard InChI is InChI=1S/C27H38N4O4/c1-6-18(15-25(32)33)20-8-9-22(23(14-20)30-21-16-28-24(7-2)29-17-21)19-10-12-31(13-11-19)26(34)35-27(3,4)5/h8-9,14,16-19,30H,6-7,10-13,15H2,1-5H3,(H,32,33). The fourth-order valence-corrected chi connectivity index (χ4v) is 4.46. The Morgan fingerprint density at radius 2 is 1.83 bits per heavy atom. The largest absolute Gasteiger partial charge is 0.481 e. The molecule has 1 saturated heterocycles. The summed E-state index contributed by atoms with van der Waals surface area (Å²) in [5, 5.41) is 12.8. The number of benzene rings is 1. The van der Waals surface area contributed by atoms with Gasteiger partial charge in [0.25, 0.3) is 0 Å². The molecule has 3 rings (SSSR count). The van der Waals surface area contributed by atoms with E-state index in [-0.39, 0.29) is 24.3 Å². The van der Waals surface area contributed by atoms with Crippen LogP contribution in [0.5, 0.6) is 0 Å². The predicted molar refractivity (Wildman–Crippen MR) is 136 cm³/mol. The molecule has 1 atom stereocenters. The summed E-state index contributed by atoms with van der Waals surface area (Å²) in [6.07, 6.45) is 6.55. The van der Waals surface area contributed by atoms with Crippen molar-refractivity contribution in [1.29, 1.82) is 0 Å². The zero-order chi connectivity index (χ0) is 25.6. The van der Waals surface area contributed by atoms with Gasteiger partial charge in [-0.25, -0.2) is 14.8 Å². The van der Waals surface area contributed by atoms with Gasteiger partial charge in [-0.1, -0.05) is 26.0 Å². The summed E-state index contributed by atoms with van der Waals surface area (Å²) in [6, 6.07) is 6.23. The number of hydrogen-bond donors (Lipinski definition) is 2. The molecule has 2 aromatic rings. The molecular weight excluding hydrogens is 444 g/mol. The zero-order valence-corrected chi connectivity index (χ0v) is 21.5. The van der Waals surface area contributed by atoms with Crippen LogP contribution in [0, 0.1) is 0 Å². The Morgan fingerprint density at radius 1 is 1.17 bits per heavy atom. The van der Waals surface area contributed by atoms with Gasteiger partial charge in [0.1, 0.15) is 11.4 Å². The number of nitrogens with zero attached hydrogens (tertiary/aromatic N) is 3. The minimum atomic E-state index is -0.798. The van der Waals surface area contributed by atoms with Crippen LogP contribution in [0.4, 0.5) is 16.2 Å². The quantitative estimate of drug-likeness (QED) is 0.485. The Hall–Kier alpha value is -3.16. The van der Waals surface area contributed by atoms with Crippen LogP contribution in [0.1, 0.15) is 89.1 Å². The van der Waals surface area contributed by atoms with Gasteiger partial charge in [0.05, 0.1) is 24.5 Å². The molecular formula is C27H38N4O4. The van der Waals surface area contributed by atoms with E-state index in [1.807, 2.05) is 34.6 Å². The predicted octanol–water partition coefficient (Wildman–Crippen LogP) is 5.87. The Kier molecular flexibility index (Phi) is 8.70. The van der Waals surface area contributed by atoms with Crippen LogP contribution < -0.4 is 5.32 Å². The van der Waals surface area contributed by atoms with E-state index >= 15 is 0 Å². The molecule has 0 bridgehead atoms. The SMILES string of the molecule is CCc1ncc(Nc2cc(C(CC)CC(=O)O)ccc2C2CCN(C(=O)OC(C)(C)C)CC2)cn1. The van der Waals surface area contributed by atoms with Crippen molar-refractivity contribution in [3.63, 3.8) is 0 Å². The Morgan fingerprint density at radius 3 is 2.37 bits per heavy atom. The van der Waals surface area contributed by atoms with Gasteiger partial charge in [-0.2, -0.15) is 0 Å². The summed E-state index contributed by atoms with van der Waals surface area (Å²) in [7, 11) is 0. The van der Waals surface area contributed by atoms with Crippen LogP contribution in [-0.2, 0) is 16.0 Å². The van der Waals surface area contributed by atoms with Crippen LogP contribution in [0.2, 0.25) is 0 Å². The Balaban J connectivity index is 1.84. The fourth-order valence-electron chi connectivity index (χ4n) is 4.46. The van der Waals surface area contributed by atoms with Gasteiger partial charge in [-0.15, -0.1) is 0 Å². The van der Waals surface area contributed by atoms with Crippen molar-refractivity contribution in [3.05, 3.63) is 47.5 Å². The lowest BCUT2D eigenvalue weighted by molar-refractivity contribution is -0.137. The number of aliphatic carboxylic acids is 1.